The lowest BCUT2D eigenvalue weighted by atomic mass is 10.2. The Kier molecular flexibility index (Phi) is 5.85. The van der Waals surface area contributed by atoms with Gasteiger partial charge in [0.1, 0.15) is 0 Å². The van der Waals surface area contributed by atoms with Gasteiger partial charge in [0.25, 0.3) is 5.91 Å². The Bertz CT molecular complexity index is 772. The summed E-state index contributed by atoms with van der Waals surface area (Å²) in [6.45, 7) is 6.09. The predicted molar refractivity (Wildman–Crippen MR) is 95.5 cm³/mol. The van der Waals surface area contributed by atoms with Crippen LogP contribution in [-0.4, -0.2) is 56.7 Å². The molecule has 0 aliphatic carbocycles. The van der Waals surface area contributed by atoms with Crippen LogP contribution in [-0.2, 0) is 12.7 Å². The standard InChI is InChI=1S/C17H22F3N5OS/c1-12(2)25-15(17(18,19)20)14(8-22-25)16(26)24-5-3-4-23(6-7-24)9-13-10-27-11-21-13/h8,10-12H,3-7,9H2,1-2H3. The van der Waals surface area contributed by atoms with Gasteiger partial charge in [-0.2, -0.15) is 18.3 Å². The van der Waals surface area contributed by atoms with E-state index in [2.05, 4.69) is 15.0 Å². The number of aromatic nitrogens is 3. The first-order valence-electron chi connectivity index (χ1n) is 8.80. The number of hydrogen-bond acceptors (Lipinski definition) is 5. The van der Waals surface area contributed by atoms with Gasteiger partial charge in [0, 0.05) is 44.1 Å². The number of hydrogen-bond donors (Lipinski definition) is 0. The lowest BCUT2D eigenvalue weighted by Crippen LogP contribution is -2.36. The van der Waals surface area contributed by atoms with Crippen LogP contribution >= 0.6 is 11.3 Å². The molecule has 0 bridgehead atoms. The quantitative estimate of drug-likeness (QED) is 0.789. The molecule has 2 aromatic rings. The summed E-state index contributed by atoms with van der Waals surface area (Å²) in [5.41, 5.74) is 1.40. The van der Waals surface area contributed by atoms with Gasteiger partial charge in [-0.15, -0.1) is 11.3 Å². The van der Waals surface area contributed by atoms with Crippen LogP contribution in [0.25, 0.3) is 0 Å². The van der Waals surface area contributed by atoms with Gasteiger partial charge in [-0.1, -0.05) is 0 Å². The summed E-state index contributed by atoms with van der Waals surface area (Å²) in [6.07, 6.45) is -2.88. The molecule has 148 valence electrons. The molecule has 0 N–H and O–H groups in total. The van der Waals surface area contributed by atoms with Crippen molar-refractivity contribution in [1.29, 1.82) is 0 Å². The molecule has 0 aromatic carbocycles. The monoisotopic (exact) mass is 401 g/mol. The van der Waals surface area contributed by atoms with Crippen LogP contribution < -0.4 is 0 Å². The Morgan fingerprint density at radius 2 is 2.04 bits per heavy atom. The number of nitrogens with zero attached hydrogens (tertiary/aromatic N) is 5. The molecular formula is C17H22F3N5OS. The van der Waals surface area contributed by atoms with Gasteiger partial charge in [0.05, 0.1) is 23.0 Å². The zero-order chi connectivity index (χ0) is 19.6. The fourth-order valence-corrected chi connectivity index (χ4v) is 3.79. The number of rotatable bonds is 4. The van der Waals surface area contributed by atoms with Crippen LogP contribution in [0.1, 0.15) is 48.1 Å². The van der Waals surface area contributed by atoms with E-state index in [-0.39, 0.29) is 5.56 Å². The number of alkyl halides is 3. The van der Waals surface area contributed by atoms with Crippen LogP contribution in [0.2, 0.25) is 0 Å². The van der Waals surface area contributed by atoms with Gasteiger partial charge in [0.2, 0.25) is 0 Å². The Morgan fingerprint density at radius 1 is 1.26 bits per heavy atom. The van der Waals surface area contributed by atoms with E-state index in [0.717, 1.165) is 23.1 Å². The summed E-state index contributed by atoms with van der Waals surface area (Å²) in [7, 11) is 0. The third kappa shape index (κ3) is 4.49. The second-order valence-corrected chi connectivity index (χ2v) is 7.56. The van der Waals surface area contributed by atoms with E-state index in [4.69, 9.17) is 0 Å². The summed E-state index contributed by atoms with van der Waals surface area (Å²) < 4.78 is 41.5. The average molecular weight is 401 g/mol. The molecule has 0 saturated carbocycles. The molecule has 1 amide bonds. The van der Waals surface area contributed by atoms with Crippen molar-refractivity contribution in [2.24, 2.45) is 0 Å². The van der Waals surface area contributed by atoms with Gasteiger partial charge >= 0.3 is 6.18 Å². The normalized spacial score (nSPS) is 16.7. The van der Waals surface area contributed by atoms with E-state index in [0.29, 0.717) is 32.6 Å². The third-order valence-electron chi connectivity index (χ3n) is 4.53. The first-order chi connectivity index (χ1) is 12.8. The molecule has 0 spiro atoms. The molecule has 1 aliphatic heterocycles. The third-order valence-corrected chi connectivity index (χ3v) is 5.16. The molecule has 6 nitrogen and oxygen atoms in total. The maximum atomic E-state index is 13.5. The van der Waals surface area contributed by atoms with Crippen molar-refractivity contribution in [1.82, 2.24) is 24.6 Å². The highest BCUT2D eigenvalue weighted by Gasteiger charge is 2.41. The Hall–Kier alpha value is -1.94. The molecule has 3 rings (SSSR count). The van der Waals surface area contributed by atoms with Gasteiger partial charge in [-0.05, 0) is 20.3 Å². The summed E-state index contributed by atoms with van der Waals surface area (Å²) in [6, 6.07) is -0.485. The van der Waals surface area contributed by atoms with Gasteiger partial charge in [-0.25, -0.2) is 4.98 Å². The topological polar surface area (TPSA) is 54.3 Å². The molecule has 1 fully saturated rings. The highest BCUT2D eigenvalue weighted by Crippen LogP contribution is 2.34. The molecule has 0 radical (unpaired) electrons. The van der Waals surface area contributed by atoms with E-state index >= 15 is 0 Å². The lowest BCUT2D eigenvalue weighted by Gasteiger charge is -2.22. The van der Waals surface area contributed by atoms with Crippen molar-refractivity contribution in [2.45, 2.75) is 39.0 Å². The summed E-state index contributed by atoms with van der Waals surface area (Å²) in [4.78, 5) is 20.8. The highest BCUT2D eigenvalue weighted by atomic mass is 32.1. The van der Waals surface area contributed by atoms with E-state index in [1.54, 1.807) is 19.4 Å². The molecule has 1 aliphatic rings. The number of halogens is 3. The minimum atomic E-state index is -4.63. The van der Waals surface area contributed by atoms with Crippen LogP contribution in [0.3, 0.4) is 0 Å². The SMILES string of the molecule is CC(C)n1ncc(C(=O)N2CCCN(Cc3cscn3)CC2)c1C(F)(F)F. The van der Waals surface area contributed by atoms with Crippen molar-refractivity contribution in [2.75, 3.05) is 26.2 Å². The number of thiazole rings is 1. The average Bonchev–Trinajstić information content (AvgIpc) is 3.20. The molecule has 0 unspecified atom stereocenters. The van der Waals surface area contributed by atoms with Crippen molar-refractivity contribution in [3.8, 4) is 0 Å². The van der Waals surface area contributed by atoms with E-state index < -0.39 is 23.8 Å². The lowest BCUT2D eigenvalue weighted by molar-refractivity contribution is -0.145. The van der Waals surface area contributed by atoms with Gasteiger partial charge in [-0.3, -0.25) is 14.4 Å². The molecule has 0 atom stereocenters. The van der Waals surface area contributed by atoms with Crippen LogP contribution in [0.5, 0.6) is 0 Å². The zero-order valence-electron chi connectivity index (χ0n) is 15.2. The van der Waals surface area contributed by atoms with E-state index in [1.807, 2.05) is 5.38 Å². The smallest absolute Gasteiger partial charge is 0.337 e. The van der Waals surface area contributed by atoms with Gasteiger partial charge in [0.15, 0.2) is 5.69 Å². The van der Waals surface area contributed by atoms with Crippen LogP contribution in [0.15, 0.2) is 17.1 Å². The zero-order valence-corrected chi connectivity index (χ0v) is 16.1. The van der Waals surface area contributed by atoms with E-state index in [9.17, 15) is 18.0 Å². The number of carbonyl (C=O) groups excluding carboxylic acids is 1. The van der Waals surface area contributed by atoms with Crippen molar-refractivity contribution in [3.63, 3.8) is 0 Å². The molecule has 10 heteroatoms. The minimum Gasteiger partial charge on any atom is -0.337 e. The largest absolute Gasteiger partial charge is 0.433 e. The Balaban J connectivity index is 1.74. The maximum absolute atomic E-state index is 13.5. The number of carbonyl (C=O) groups is 1. The van der Waals surface area contributed by atoms with Crippen LogP contribution in [0.4, 0.5) is 13.2 Å². The maximum Gasteiger partial charge on any atom is 0.433 e. The molecule has 1 saturated heterocycles. The fourth-order valence-electron chi connectivity index (χ4n) is 3.24. The first-order valence-corrected chi connectivity index (χ1v) is 9.75. The summed E-state index contributed by atoms with van der Waals surface area (Å²) in [5, 5.41) is 5.79. The van der Waals surface area contributed by atoms with Crippen LogP contribution in [0, 0.1) is 0 Å². The van der Waals surface area contributed by atoms with Crippen molar-refractivity contribution in [3.05, 3.63) is 34.0 Å². The molecule has 3 heterocycles. The van der Waals surface area contributed by atoms with Crippen molar-refractivity contribution < 1.29 is 18.0 Å². The minimum absolute atomic E-state index is 0.371. The summed E-state index contributed by atoms with van der Waals surface area (Å²) in [5.74, 6) is -0.607. The molecule has 2 aromatic heterocycles. The van der Waals surface area contributed by atoms with E-state index in [1.165, 1.54) is 16.2 Å². The Labute approximate surface area is 159 Å². The predicted octanol–water partition coefficient (Wildman–Crippen LogP) is 3.29. The van der Waals surface area contributed by atoms with Crippen molar-refractivity contribution >= 4 is 17.2 Å². The number of amides is 1. The highest BCUT2D eigenvalue weighted by molar-refractivity contribution is 7.07. The second-order valence-electron chi connectivity index (χ2n) is 6.84. The summed E-state index contributed by atoms with van der Waals surface area (Å²) >= 11 is 1.53. The molecular weight excluding hydrogens is 379 g/mol. The second kappa shape index (κ2) is 7.97. The Morgan fingerprint density at radius 3 is 2.67 bits per heavy atom. The first kappa shape index (κ1) is 19.8. The molecule has 27 heavy (non-hydrogen) atoms. The van der Waals surface area contributed by atoms with Gasteiger partial charge < -0.3 is 4.90 Å². The fraction of sp³-hybridized carbons (Fsp3) is 0.588.